The predicted molar refractivity (Wildman–Crippen MR) is 67.6 cm³/mol. The predicted octanol–water partition coefficient (Wildman–Crippen LogP) is 2.90. The van der Waals surface area contributed by atoms with Crippen LogP contribution in [-0.2, 0) is 9.47 Å². The number of carbonyl (C=O) groups excluding carboxylic acids is 1. The molecule has 2 atom stereocenters. The smallest absolute Gasteiger partial charge is 0.198 e. The molecule has 4 heteroatoms. The fourth-order valence-electron chi connectivity index (χ4n) is 2.18. The van der Waals surface area contributed by atoms with Crippen LogP contribution in [0.3, 0.4) is 0 Å². The van der Waals surface area contributed by atoms with E-state index in [1.54, 1.807) is 0 Å². The highest BCUT2D eigenvalue weighted by molar-refractivity contribution is 7.12. The van der Waals surface area contributed by atoms with Gasteiger partial charge in [0.25, 0.3) is 0 Å². The van der Waals surface area contributed by atoms with E-state index in [0.717, 1.165) is 17.7 Å². The minimum Gasteiger partial charge on any atom is -0.375 e. The molecule has 17 heavy (non-hydrogen) atoms. The van der Waals surface area contributed by atoms with Crippen molar-refractivity contribution in [2.45, 2.75) is 45.0 Å². The summed E-state index contributed by atoms with van der Waals surface area (Å²) in [7, 11) is 0. The molecule has 2 unspecified atom stereocenters. The summed E-state index contributed by atoms with van der Waals surface area (Å²) >= 11 is 1.46. The molecule has 0 spiro atoms. The van der Waals surface area contributed by atoms with Gasteiger partial charge in [0.1, 0.15) is 6.61 Å². The Labute approximate surface area is 106 Å². The van der Waals surface area contributed by atoms with Crippen LogP contribution in [-0.4, -0.2) is 30.7 Å². The molecule has 0 amide bonds. The van der Waals surface area contributed by atoms with Gasteiger partial charge in [-0.05, 0) is 38.1 Å². The molecule has 1 aromatic rings. The van der Waals surface area contributed by atoms with Gasteiger partial charge >= 0.3 is 0 Å². The van der Waals surface area contributed by atoms with Crippen molar-refractivity contribution < 1.29 is 14.3 Å². The second-order valence-corrected chi connectivity index (χ2v) is 5.51. The van der Waals surface area contributed by atoms with Crippen LogP contribution in [0.5, 0.6) is 0 Å². The lowest BCUT2D eigenvalue weighted by molar-refractivity contribution is -0.0974. The molecule has 3 nitrogen and oxygen atoms in total. The first kappa shape index (κ1) is 12.7. The first-order valence-corrected chi connectivity index (χ1v) is 6.87. The van der Waals surface area contributed by atoms with E-state index in [1.165, 1.54) is 11.3 Å². The first-order chi connectivity index (χ1) is 8.15. The van der Waals surface area contributed by atoms with E-state index in [-0.39, 0.29) is 30.7 Å². The summed E-state index contributed by atoms with van der Waals surface area (Å²) in [5.74, 6) is 0.0757. The molecular formula is C13H18O3S. The van der Waals surface area contributed by atoms with Gasteiger partial charge in [-0.1, -0.05) is 6.07 Å². The van der Waals surface area contributed by atoms with Crippen molar-refractivity contribution in [3.8, 4) is 0 Å². The number of hydrogen-bond acceptors (Lipinski definition) is 4. The number of Topliss-reactive ketones (excluding diaryl/α,β-unsaturated/α-hetero) is 1. The number of ketones is 1. The Morgan fingerprint density at radius 2 is 2.18 bits per heavy atom. The van der Waals surface area contributed by atoms with Gasteiger partial charge in [-0.3, -0.25) is 4.79 Å². The third kappa shape index (κ3) is 3.63. The Balaban J connectivity index is 1.80. The zero-order chi connectivity index (χ0) is 12.3. The van der Waals surface area contributed by atoms with Gasteiger partial charge in [-0.2, -0.15) is 0 Å². The topological polar surface area (TPSA) is 35.5 Å². The van der Waals surface area contributed by atoms with Crippen LogP contribution in [0.15, 0.2) is 17.5 Å². The maximum absolute atomic E-state index is 11.8. The van der Waals surface area contributed by atoms with Crippen LogP contribution in [0, 0.1) is 0 Å². The molecule has 1 aliphatic heterocycles. The molecule has 0 bridgehead atoms. The Hall–Kier alpha value is -0.710. The highest BCUT2D eigenvalue weighted by Gasteiger charge is 2.25. The van der Waals surface area contributed by atoms with E-state index in [2.05, 4.69) is 0 Å². The lowest BCUT2D eigenvalue weighted by Gasteiger charge is -2.31. The normalized spacial score (nSPS) is 29.2. The summed E-state index contributed by atoms with van der Waals surface area (Å²) in [5.41, 5.74) is 0. The second-order valence-electron chi connectivity index (χ2n) is 4.56. The van der Waals surface area contributed by atoms with Gasteiger partial charge < -0.3 is 9.47 Å². The summed E-state index contributed by atoms with van der Waals surface area (Å²) < 4.78 is 11.3. The van der Waals surface area contributed by atoms with Crippen molar-refractivity contribution in [2.24, 2.45) is 0 Å². The van der Waals surface area contributed by atoms with E-state index in [1.807, 2.05) is 31.4 Å². The van der Waals surface area contributed by atoms with Crippen LogP contribution in [0.4, 0.5) is 0 Å². The molecule has 0 radical (unpaired) electrons. The van der Waals surface area contributed by atoms with Crippen molar-refractivity contribution >= 4 is 17.1 Å². The van der Waals surface area contributed by atoms with Crippen molar-refractivity contribution in [2.75, 3.05) is 6.61 Å². The zero-order valence-corrected chi connectivity index (χ0v) is 11.0. The molecule has 0 saturated carbocycles. The highest BCUT2D eigenvalue weighted by atomic mass is 32.1. The number of carbonyl (C=O) groups is 1. The first-order valence-electron chi connectivity index (χ1n) is 5.99. The van der Waals surface area contributed by atoms with Crippen LogP contribution in [0.25, 0.3) is 0 Å². The molecule has 1 aliphatic rings. The van der Waals surface area contributed by atoms with E-state index in [0.29, 0.717) is 0 Å². The number of rotatable bonds is 4. The molecule has 94 valence electrons. The highest BCUT2D eigenvalue weighted by Crippen LogP contribution is 2.22. The van der Waals surface area contributed by atoms with Crippen LogP contribution in [0.2, 0.25) is 0 Å². The van der Waals surface area contributed by atoms with Crippen molar-refractivity contribution in [1.82, 2.24) is 0 Å². The van der Waals surface area contributed by atoms with Crippen molar-refractivity contribution in [3.05, 3.63) is 22.4 Å². The van der Waals surface area contributed by atoms with E-state index in [4.69, 9.17) is 9.47 Å². The quantitative estimate of drug-likeness (QED) is 0.775. The monoisotopic (exact) mass is 254 g/mol. The minimum atomic E-state index is 0.0757. The fraction of sp³-hybridized carbons (Fsp3) is 0.615. The Bertz CT molecular complexity index is 351. The molecule has 0 aromatic carbocycles. The Morgan fingerprint density at radius 1 is 1.47 bits per heavy atom. The van der Waals surface area contributed by atoms with Gasteiger partial charge in [0.2, 0.25) is 0 Å². The Morgan fingerprint density at radius 3 is 2.76 bits per heavy atom. The lowest BCUT2D eigenvalue weighted by Crippen LogP contribution is -2.35. The average Bonchev–Trinajstić information content (AvgIpc) is 2.78. The second kappa shape index (κ2) is 5.76. The zero-order valence-electron chi connectivity index (χ0n) is 10.2. The summed E-state index contributed by atoms with van der Waals surface area (Å²) in [6.07, 6.45) is 2.35. The largest absolute Gasteiger partial charge is 0.375 e. The summed E-state index contributed by atoms with van der Waals surface area (Å²) in [6, 6.07) is 3.72. The van der Waals surface area contributed by atoms with Gasteiger partial charge in [0, 0.05) is 0 Å². The average molecular weight is 254 g/mol. The molecule has 0 N–H and O–H groups in total. The molecule has 2 rings (SSSR count). The summed E-state index contributed by atoms with van der Waals surface area (Å²) in [6.45, 7) is 4.28. The maximum Gasteiger partial charge on any atom is 0.198 e. The number of ether oxygens (including phenoxy) is 2. The van der Waals surface area contributed by atoms with E-state index < -0.39 is 0 Å². The molecule has 2 heterocycles. The van der Waals surface area contributed by atoms with Gasteiger partial charge in [0.15, 0.2) is 5.78 Å². The van der Waals surface area contributed by atoms with Crippen LogP contribution in [0.1, 0.15) is 36.4 Å². The van der Waals surface area contributed by atoms with Gasteiger partial charge in [-0.15, -0.1) is 11.3 Å². The standard InChI is InChI=1S/C13H18O3S/c1-9-6-11(7-10(2)16-9)15-8-12(14)13-4-3-5-17-13/h3-5,9-11H,6-8H2,1-2H3. The van der Waals surface area contributed by atoms with Crippen molar-refractivity contribution in [3.63, 3.8) is 0 Å². The molecule has 0 aliphatic carbocycles. The Kier molecular flexibility index (Phi) is 4.31. The number of thiophene rings is 1. The van der Waals surface area contributed by atoms with Gasteiger partial charge in [0.05, 0.1) is 23.2 Å². The summed E-state index contributed by atoms with van der Waals surface area (Å²) in [4.78, 5) is 12.5. The molecule has 1 saturated heterocycles. The maximum atomic E-state index is 11.8. The van der Waals surface area contributed by atoms with Gasteiger partial charge in [-0.25, -0.2) is 0 Å². The van der Waals surface area contributed by atoms with E-state index in [9.17, 15) is 4.79 Å². The fourth-order valence-corrected chi connectivity index (χ4v) is 2.83. The van der Waals surface area contributed by atoms with E-state index >= 15 is 0 Å². The number of hydrogen-bond donors (Lipinski definition) is 0. The third-order valence-electron chi connectivity index (χ3n) is 2.90. The molecular weight excluding hydrogens is 236 g/mol. The van der Waals surface area contributed by atoms with Crippen molar-refractivity contribution in [1.29, 1.82) is 0 Å². The molecule has 1 aromatic heterocycles. The molecule has 1 fully saturated rings. The SMILES string of the molecule is CC1CC(OCC(=O)c2cccs2)CC(C)O1. The minimum absolute atomic E-state index is 0.0757. The summed E-state index contributed by atoms with van der Waals surface area (Å²) in [5, 5.41) is 1.91. The van der Waals surface area contributed by atoms with Crippen LogP contribution < -0.4 is 0 Å². The third-order valence-corrected chi connectivity index (χ3v) is 3.81. The van der Waals surface area contributed by atoms with Crippen LogP contribution >= 0.6 is 11.3 Å². The lowest BCUT2D eigenvalue weighted by atomic mass is 10.0.